The van der Waals surface area contributed by atoms with Gasteiger partial charge in [0, 0.05) is 12.7 Å². The van der Waals surface area contributed by atoms with Gasteiger partial charge in [-0.15, -0.1) is 0 Å². The summed E-state index contributed by atoms with van der Waals surface area (Å²) in [6.45, 7) is 4.78. The molecule has 0 bridgehead atoms. The average Bonchev–Trinajstić information content (AvgIpc) is 2.63. The zero-order valence-electron chi connectivity index (χ0n) is 14.5. The van der Waals surface area contributed by atoms with E-state index in [-0.39, 0.29) is 5.91 Å². The lowest BCUT2D eigenvalue weighted by atomic mass is 10.1. The van der Waals surface area contributed by atoms with Crippen LogP contribution < -0.4 is 10.6 Å². The molecule has 2 N–H and O–H groups in total. The number of benzene rings is 1. The van der Waals surface area contributed by atoms with Gasteiger partial charge in [0.25, 0.3) is 5.91 Å². The van der Waals surface area contributed by atoms with E-state index in [0.717, 1.165) is 12.8 Å². The zero-order chi connectivity index (χ0) is 18.1. The topological polar surface area (TPSA) is 80.3 Å². The molecule has 1 heterocycles. The number of esters is 1. The molecule has 1 aromatic heterocycles. The van der Waals surface area contributed by atoms with Crippen molar-refractivity contribution in [1.82, 2.24) is 10.3 Å². The third-order valence-corrected chi connectivity index (χ3v) is 3.52. The van der Waals surface area contributed by atoms with E-state index < -0.39 is 5.97 Å². The van der Waals surface area contributed by atoms with E-state index in [2.05, 4.69) is 22.5 Å². The van der Waals surface area contributed by atoms with Crippen LogP contribution in [-0.4, -0.2) is 30.0 Å². The summed E-state index contributed by atoms with van der Waals surface area (Å²) in [6.07, 6.45) is 5.07. The molecule has 0 saturated heterocycles. The average molecular weight is 341 g/mol. The SMILES string of the molecule is CCCCNC(=O)c1cncc(Nc2ccccc2C(=O)OCC)c1. The standard InChI is InChI=1S/C19H23N3O3/c1-3-5-10-21-18(23)14-11-15(13-20-12-14)22-17-9-7-6-8-16(17)19(24)25-4-2/h6-9,11-13,22H,3-5,10H2,1-2H3,(H,21,23). The number of ether oxygens (including phenoxy) is 1. The van der Waals surface area contributed by atoms with E-state index in [4.69, 9.17) is 4.74 Å². The first kappa shape index (κ1) is 18.4. The van der Waals surface area contributed by atoms with E-state index in [9.17, 15) is 9.59 Å². The van der Waals surface area contributed by atoms with E-state index in [0.29, 0.717) is 35.7 Å². The molecule has 1 amide bonds. The lowest BCUT2D eigenvalue weighted by Gasteiger charge is -2.12. The number of hydrogen-bond donors (Lipinski definition) is 2. The molecule has 0 unspecified atom stereocenters. The molecule has 0 aliphatic rings. The van der Waals surface area contributed by atoms with Gasteiger partial charge in [0.2, 0.25) is 0 Å². The Bertz CT molecular complexity index is 731. The van der Waals surface area contributed by atoms with Crippen molar-refractivity contribution in [3.8, 4) is 0 Å². The lowest BCUT2D eigenvalue weighted by molar-refractivity contribution is 0.0527. The molecule has 0 fully saturated rings. The van der Waals surface area contributed by atoms with E-state index in [1.54, 1.807) is 37.4 Å². The summed E-state index contributed by atoms with van der Waals surface area (Å²) in [5, 5.41) is 5.99. The minimum absolute atomic E-state index is 0.164. The molecular weight excluding hydrogens is 318 g/mol. The fraction of sp³-hybridized carbons (Fsp3) is 0.316. The van der Waals surface area contributed by atoms with Gasteiger partial charge >= 0.3 is 5.97 Å². The first-order valence-corrected chi connectivity index (χ1v) is 8.42. The molecule has 0 spiro atoms. The number of aromatic nitrogens is 1. The van der Waals surface area contributed by atoms with Gasteiger partial charge in [-0.05, 0) is 31.5 Å². The largest absolute Gasteiger partial charge is 0.462 e. The number of rotatable bonds is 8. The van der Waals surface area contributed by atoms with Crippen LogP contribution in [0, 0.1) is 0 Å². The molecule has 0 aliphatic heterocycles. The number of carbonyl (C=O) groups is 2. The molecule has 132 valence electrons. The number of carbonyl (C=O) groups excluding carboxylic acids is 2. The molecule has 1 aromatic carbocycles. The third-order valence-electron chi connectivity index (χ3n) is 3.52. The van der Waals surface area contributed by atoms with Gasteiger partial charge in [-0.25, -0.2) is 4.79 Å². The molecule has 25 heavy (non-hydrogen) atoms. The Hall–Kier alpha value is -2.89. The van der Waals surface area contributed by atoms with Crippen molar-refractivity contribution >= 4 is 23.3 Å². The van der Waals surface area contributed by atoms with E-state index >= 15 is 0 Å². The predicted octanol–water partition coefficient (Wildman–Crippen LogP) is 3.53. The van der Waals surface area contributed by atoms with Crippen molar-refractivity contribution in [2.45, 2.75) is 26.7 Å². The third kappa shape index (κ3) is 5.31. The molecule has 0 atom stereocenters. The van der Waals surface area contributed by atoms with Crippen molar-refractivity contribution in [3.63, 3.8) is 0 Å². The second-order valence-corrected chi connectivity index (χ2v) is 5.46. The van der Waals surface area contributed by atoms with Gasteiger partial charge in [-0.1, -0.05) is 25.5 Å². The quantitative estimate of drug-likeness (QED) is 0.567. The van der Waals surface area contributed by atoms with Crippen LogP contribution in [-0.2, 0) is 4.74 Å². The Morgan fingerprint density at radius 2 is 1.96 bits per heavy atom. The Morgan fingerprint density at radius 1 is 1.16 bits per heavy atom. The maximum atomic E-state index is 12.1. The van der Waals surface area contributed by atoms with E-state index in [1.807, 2.05) is 6.07 Å². The zero-order valence-corrected chi connectivity index (χ0v) is 14.5. The molecule has 0 radical (unpaired) electrons. The Balaban J connectivity index is 2.15. The number of nitrogens with one attached hydrogen (secondary N) is 2. The van der Waals surface area contributed by atoms with Crippen molar-refractivity contribution in [2.24, 2.45) is 0 Å². The predicted molar refractivity (Wildman–Crippen MR) is 97.2 cm³/mol. The fourth-order valence-electron chi connectivity index (χ4n) is 2.25. The Kier molecular flexibility index (Phi) is 6.95. The second-order valence-electron chi connectivity index (χ2n) is 5.46. The van der Waals surface area contributed by atoms with Crippen LogP contribution in [0.4, 0.5) is 11.4 Å². The number of unbranched alkanes of at least 4 members (excludes halogenated alkanes) is 1. The molecule has 0 saturated carbocycles. The summed E-state index contributed by atoms with van der Waals surface area (Å²) in [7, 11) is 0. The maximum absolute atomic E-state index is 12.1. The van der Waals surface area contributed by atoms with Crippen LogP contribution in [0.25, 0.3) is 0 Å². The summed E-state index contributed by atoms with van der Waals surface area (Å²) >= 11 is 0. The van der Waals surface area contributed by atoms with Crippen molar-refractivity contribution in [3.05, 3.63) is 53.9 Å². The van der Waals surface area contributed by atoms with Crippen LogP contribution in [0.1, 0.15) is 47.4 Å². The summed E-state index contributed by atoms with van der Waals surface area (Å²) in [5.74, 6) is -0.560. The van der Waals surface area contributed by atoms with Crippen LogP contribution in [0.2, 0.25) is 0 Å². The summed E-state index contributed by atoms with van der Waals surface area (Å²) < 4.78 is 5.06. The molecular formula is C19H23N3O3. The van der Waals surface area contributed by atoms with Crippen LogP contribution in [0.5, 0.6) is 0 Å². The maximum Gasteiger partial charge on any atom is 0.340 e. The fourth-order valence-corrected chi connectivity index (χ4v) is 2.25. The van der Waals surface area contributed by atoms with Crippen molar-refractivity contribution in [1.29, 1.82) is 0 Å². The van der Waals surface area contributed by atoms with E-state index in [1.165, 1.54) is 6.20 Å². The van der Waals surface area contributed by atoms with Gasteiger partial charge in [0.15, 0.2) is 0 Å². The molecule has 6 nitrogen and oxygen atoms in total. The van der Waals surface area contributed by atoms with Crippen LogP contribution in [0.15, 0.2) is 42.7 Å². The highest BCUT2D eigenvalue weighted by Crippen LogP contribution is 2.21. The van der Waals surface area contributed by atoms with Gasteiger partial charge in [-0.2, -0.15) is 0 Å². The Morgan fingerprint density at radius 3 is 2.72 bits per heavy atom. The van der Waals surface area contributed by atoms with Gasteiger partial charge < -0.3 is 15.4 Å². The summed E-state index contributed by atoms with van der Waals surface area (Å²) in [4.78, 5) is 28.3. The normalized spacial score (nSPS) is 10.2. The lowest BCUT2D eigenvalue weighted by Crippen LogP contribution is -2.24. The van der Waals surface area contributed by atoms with Crippen molar-refractivity contribution in [2.75, 3.05) is 18.5 Å². The highest BCUT2D eigenvalue weighted by molar-refractivity contribution is 5.97. The number of anilines is 2. The number of nitrogens with zero attached hydrogens (tertiary/aromatic N) is 1. The van der Waals surface area contributed by atoms with Crippen LogP contribution >= 0.6 is 0 Å². The monoisotopic (exact) mass is 341 g/mol. The Labute approximate surface area is 147 Å². The highest BCUT2D eigenvalue weighted by Gasteiger charge is 2.13. The molecule has 6 heteroatoms. The number of hydrogen-bond acceptors (Lipinski definition) is 5. The van der Waals surface area contributed by atoms with Gasteiger partial charge in [0.05, 0.1) is 35.3 Å². The number of pyridine rings is 1. The second kappa shape index (κ2) is 9.42. The van der Waals surface area contributed by atoms with Crippen molar-refractivity contribution < 1.29 is 14.3 Å². The van der Waals surface area contributed by atoms with Gasteiger partial charge in [0.1, 0.15) is 0 Å². The molecule has 2 aromatic rings. The minimum atomic E-state index is -0.396. The van der Waals surface area contributed by atoms with Gasteiger partial charge in [-0.3, -0.25) is 9.78 Å². The minimum Gasteiger partial charge on any atom is -0.462 e. The first-order chi connectivity index (χ1) is 12.2. The number of para-hydroxylation sites is 1. The number of amides is 1. The molecule has 2 rings (SSSR count). The highest BCUT2D eigenvalue weighted by atomic mass is 16.5. The summed E-state index contributed by atoms with van der Waals surface area (Å²) in [5.41, 5.74) is 2.13. The first-order valence-electron chi connectivity index (χ1n) is 8.42. The smallest absolute Gasteiger partial charge is 0.340 e. The molecule has 0 aliphatic carbocycles. The van der Waals surface area contributed by atoms with Crippen LogP contribution in [0.3, 0.4) is 0 Å². The summed E-state index contributed by atoms with van der Waals surface area (Å²) in [6, 6.07) is 8.76.